The van der Waals surface area contributed by atoms with E-state index in [4.69, 9.17) is 0 Å². The van der Waals surface area contributed by atoms with Gasteiger partial charge in [-0.25, -0.2) is 0 Å². The van der Waals surface area contributed by atoms with Gasteiger partial charge in [0.2, 0.25) is 0 Å². The Morgan fingerprint density at radius 2 is 2.11 bits per heavy atom. The van der Waals surface area contributed by atoms with Crippen molar-refractivity contribution in [2.45, 2.75) is 25.8 Å². The maximum Gasteiger partial charge on any atom is 0.0388 e. The SMILES string of the molecule is CCN1CCCC(CNC)C1c1ccc(Br)c(Br)c1. The topological polar surface area (TPSA) is 15.3 Å². The van der Waals surface area contributed by atoms with E-state index in [2.05, 4.69) is 74.2 Å². The van der Waals surface area contributed by atoms with Crippen molar-refractivity contribution in [1.82, 2.24) is 10.2 Å². The van der Waals surface area contributed by atoms with Crippen LogP contribution in [0.3, 0.4) is 0 Å². The molecule has 1 aromatic carbocycles. The van der Waals surface area contributed by atoms with Crippen LogP contribution in [-0.2, 0) is 0 Å². The zero-order chi connectivity index (χ0) is 13.8. The molecular formula is C15H22Br2N2. The van der Waals surface area contributed by atoms with E-state index >= 15 is 0 Å². The number of piperidine rings is 1. The van der Waals surface area contributed by atoms with E-state index in [0.29, 0.717) is 12.0 Å². The van der Waals surface area contributed by atoms with Gasteiger partial charge in [-0.1, -0.05) is 13.0 Å². The van der Waals surface area contributed by atoms with Crippen molar-refractivity contribution in [3.8, 4) is 0 Å². The van der Waals surface area contributed by atoms with Crippen LogP contribution in [0, 0.1) is 5.92 Å². The zero-order valence-electron chi connectivity index (χ0n) is 11.6. The molecule has 0 aromatic heterocycles. The van der Waals surface area contributed by atoms with Crippen molar-refractivity contribution in [2.75, 3.05) is 26.7 Å². The van der Waals surface area contributed by atoms with Crippen molar-refractivity contribution in [1.29, 1.82) is 0 Å². The summed E-state index contributed by atoms with van der Waals surface area (Å²) in [6, 6.07) is 7.22. The van der Waals surface area contributed by atoms with Gasteiger partial charge in [-0.15, -0.1) is 0 Å². The third kappa shape index (κ3) is 3.60. The molecule has 19 heavy (non-hydrogen) atoms. The Bertz CT molecular complexity index is 421. The summed E-state index contributed by atoms with van der Waals surface area (Å²) < 4.78 is 2.27. The first-order valence-electron chi connectivity index (χ1n) is 7.01. The highest BCUT2D eigenvalue weighted by atomic mass is 79.9. The number of halogens is 2. The minimum Gasteiger partial charge on any atom is -0.319 e. The summed E-state index contributed by atoms with van der Waals surface area (Å²) in [7, 11) is 2.06. The van der Waals surface area contributed by atoms with Gasteiger partial charge < -0.3 is 5.32 Å². The molecule has 1 aromatic rings. The summed E-state index contributed by atoms with van der Waals surface area (Å²) in [6.45, 7) is 5.70. The predicted molar refractivity (Wildman–Crippen MR) is 88.5 cm³/mol. The van der Waals surface area contributed by atoms with Crippen LogP contribution in [0.25, 0.3) is 0 Å². The highest BCUT2D eigenvalue weighted by molar-refractivity contribution is 9.13. The number of hydrogen-bond donors (Lipinski definition) is 1. The molecule has 0 amide bonds. The molecule has 0 aliphatic carbocycles. The van der Waals surface area contributed by atoms with Gasteiger partial charge in [0.1, 0.15) is 0 Å². The Kier molecular flexibility index (Phi) is 5.87. The second kappa shape index (κ2) is 7.21. The van der Waals surface area contributed by atoms with Gasteiger partial charge in [0.15, 0.2) is 0 Å². The minimum absolute atomic E-state index is 0.538. The summed E-state index contributed by atoms with van der Waals surface area (Å²) in [5, 5.41) is 3.36. The quantitative estimate of drug-likeness (QED) is 0.829. The molecule has 0 spiro atoms. The third-order valence-electron chi connectivity index (χ3n) is 4.02. The van der Waals surface area contributed by atoms with Crippen molar-refractivity contribution in [3.63, 3.8) is 0 Å². The molecule has 2 atom stereocenters. The lowest BCUT2D eigenvalue weighted by Gasteiger charge is -2.41. The van der Waals surface area contributed by atoms with E-state index in [0.717, 1.165) is 22.0 Å². The van der Waals surface area contributed by atoms with Gasteiger partial charge >= 0.3 is 0 Å². The monoisotopic (exact) mass is 388 g/mol. The van der Waals surface area contributed by atoms with Crippen LogP contribution in [0.2, 0.25) is 0 Å². The zero-order valence-corrected chi connectivity index (χ0v) is 14.8. The molecule has 2 rings (SSSR count). The lowest BCUT2D eigenvalue weighted by molar-refractivity contribution is 0.0981. The maximum atomic E-state index is 3.63. The van der Waals surface area contributed by atoms with Crippen LogP contribution in [0.5, 0.6) is 0 Å². The summed E-state index contributed by atoms with van der Waals surface area (Å²) in [5.74, 6) is 0.701. The van der Waals surface area contributed by atoms with E-state index in [1.165, 1.54) is 24.9 Å². The van der Waals surface area contributed by atoms with Crippen molar-refractivity contribution in [3.05, 3.63) is 32.7 Å². The molecule has 2 nitrogen and oxygen atoms in total. The van der Waals surface area contributed by atoms with Crippen LogP contribution >= 0.6 is 31.9 Å². The van der Waals surface area contributed by atoms with Crippen LogP contribution in [0.4, 0.5) is 0 Å². The molecular weight excluding hydrogens is 368 g/mol. The molecule has 0 radical (unpaired) electrons. The average Bonchev–Trinajstić information content (AvgIpc) is 2.42. The molecule has 2 unspecified atom stereocenters. The number of benzene rings is 1. The van der Waals surface area contributed by atoms with Crippen LogP contribution in [0.15, 0.2) is 27.1 Å². The molecule has 1 fully saturated rings. The average molecular weight is 390 g/mol. The lowest BCUT2D eigenvalue weighted by atomic mass is 9.84. The first-order valence-corrected chi connectivity index (χ1v) is 8.59. The first-order chi connectivity index (χ1) is 9.17. The van der Waals surface area contributed by atoms with E-state index in [1.807, 2.05) is 0 Å². The van der Waals surface area contributed by atoms with Gasteiger partial charge in [0.05, 0.1) is 0 Å². The van der Waals surface area contributed by atoms with Gasteiger partial charge in [-0.3, -0.25) is 4.90 Å². The Morgan fingerprint density at radius 3 is 2.74 bits per heavy atom. The van der Waals surface area contributed by atoms with Gasteiger partial charge in [-0.2, -0.15) is 0 Å². The van der Waals surface area contributed by atoms with Crippen LogP contribution < -0.4 is 5.32 Å². The molecule has 1 aliphatic rings. The van der Waals surface area contributed by atoms with E-state index < -0.39 is 0 Å². The third-order valence-corrected chi connectivity index (χ3v) is 5.90. The fourth-order valence-electron chi connectivity index (χ4n) is 3.16. The van der Waals surface area contributed by atoms with E-state index in [-0.39, 0.29) is 0 Å². The molecule has 1 saturated heterocycles. The lowest BCUT2D eigenvalue weighted by Crippen LogP contribution is -2.42. The largest absolute Gasteiger partial charge is 0.319 e. The van der Waals surface area contributed by atoms with E-state index in [1.54, 1.807) is 0 Å². The molecule has 106 valence electrons. The van der Waals surface area contributed by atoms with Gasteiger partial charge in [0.25, 0.3) is 0 Å². The number of nitrogens with one attached hydrogen (secondary N) is 1. The smallest absolute Gasteiger partial charge is 0.0388 e. The Labute approximate surface area is 133 Å². The molecule has 1 aliphatic heterocycles. The number of likely N-dealkylation sites (tertiary alicyclic amines) is 1. The molecule has 1 heterocycles. The van der Waals surface area contributed by atoms with E-state index in [9.17, 15) is 0 Å². The van der Waals surface area contributed by atoms with Crippen molar-refractivity contribution >= 4 is 31.9 Å². The van der Waals surface area contributed by atoms with Gasteiger partial charge in [-0.05, 0) is 95.0 Å². The summed E-state index contributed by atoms with van der Waals surface area (Å²) in [4.78, 5) is 2.61. The number of hydrogen-bond acceptors (Lipinski definition) is 2. The van der Waals surface area contributed by atoms with Crippen molar-refractivity contribution < 1.29 is 0 Å². The summed E-state index contributed by atoms with van der Waals surface area (Å²) >= 11 is 7.19. The number of rotatable bonds is 4. The van der Waals surface area contributed by atoms with Gasteiger partial charge in [0, 0.05) is 15.0 Å². The Balaban J connectivity index is 2.30. The minimum atomic E-state index is 0.538. The fourth-order valence-corrected chi connectivity index (χ4v) is 3.80. The summed E-state index contributed by atoms with van der Waals surface area (Å²) in [5.41, 5.74) is 1.43. The summed E-state index contributed by atoms with van der Waals surface area (Å²) in [6.07, 6.45) is 2.63. The Morgan fingerprint density at radius 1 is 1.32 bits per heavy atom. The molecule has 1 N–H and O–H groups in total. The second-order valence-electron chi connectivity index (χ2n) is 5.21. The number of nitrogens with zero attached hydrogens (tertiary/aromatic N) is 1. The first kappa shape index (κ1) is 15.5. The second-order valence-corrected chi connectivity index (χ2v) is 6.92. The highest BCUT2D eigenvalue weighted by Gasteiger charge is 2.31. The standard InChI is InChI=1S/C15H22Br2N2/c1-3-19-8-4-5-12(10-18-2)15(19)11-6-7-13(16)14(17)9-11/h6-7,9,12,15,18H,3-5,8,10H2,1-2H3. The predicted octanol–water partition coefficient (Wildman–Crippen LogP) is 4.20. The normalized spacial score (nSPS) is 24.6. The Hall–Kier alpha value is 0.1000. The highest BCUT2D eigenvalue weighted by Crippen LogP contribution is 2.37. The molecule has 4 heteroatoms. The van der Waals surface area contributed by atoms with Crippen LogP contribution in [-0.4, -0.2) is 31.6 Å². The molecule has 0 bridgehead atoms. The van der Waals surface area contributed by atoms with Crippen molar-refractivity contribution in [2.24, 2.45) is 5.92 Å². The molecule has 0 saturated carbocycles. The van der Waals surface area contributed by atoms with Crippen LogP contribution in [0.1, 0.15) is 31.4 Å². The fraction of sp³-hybridized carbons (Fsp3) is 0.600. The maximum absolute atomic E-state index is 3.63.